The van der Waals surface area contributed by atoms with E-state index in [9.17, 15) is 8.78 Å². The van der Waals surface area contributed by atoms with E-state index in [-0.39, 0.29) is 18.7 Å². The minimum atomic E-state index is -2.66. The molecule has 3 aliphatic rings. The number of hydrogen-bond donors (Lipinski definition) is 0. The van der Waals surface area contributed by atoms with E-state index in [2.05, 4.69) is 74.5 Å². The van der Waals surface area contributed by atoms with Crippen molar-refractivity contribution in [3.05, 3.63) is 77.4 Å². The van der Waals surface area contributed by atoms with Crippen molar-refractivity contribution in [2.75, 3.05) is 49.6 Å². The molecule has 0 spiro atoms. The summed E-state index contributed by atoms with van der Waals surface area (Å²) in [6, 6.07) is 13.4. The summed E-state index contributed by atoms with van der Waals surface area (Å²) >= 11 is 0. The van der Waals surface area contributed by atoms with Crippen LogP contribution in [0, 0.1) is 5.82 Å². The highest BCUT2D eigenvalue weighted by Crippen LogP contribution is 2.33. The zero-order valence-electron chi connectivity index (χ0n) is 23.2. The Bertz CT molecular complexity index is 1390. The summed E-state index contributed by atoms with van der Waals surface area (Å²) in [5, 5.41) is 7.42. The van der Waals surface area contributed by atoms with Crippen LogP contribution in [0.2, 0.25) is 0 Å². The maximum atomic E-state index is 15.5. The molecule has 214 valence electrons. The van der Waals surface area contributed by atoms with Crippen LogP contribution in [0.4, 0.5) is 18.9 Å². The van der Waals surface area contributed by atoms with E-state index in [0.29, 0.717) is 22.8 Å². The Balaban J connectivity index is 1.37. The third-order valence-electron chi connectivity index (χ3n) is 8.27. The van der Waals surface area contributed by atoms with Gasteiger partial charge >= 0.3 is 0 Å². The number of hydrogen-bond acceptors (Lipinski definition) is 5. The molecule has 40 heavy (non-hydrogen) atoms. The van der Waals surface area contributed by atoms with Crippen LogP contribution >= 0.6 is 9.21 Å². The molecule has 2 saturated heterocycles. The molecule has 0 saturated carbocycles. The van der Waals surface area contributed by atoms with E-state index in [1.807, 2.05) is 0 Å². The van der Waals surface area contributed by atoms with Crippen LogP contribution in [-0.4, -0.2) is 84.1 Å². The van der Waals surface area contributed by atoms with Gasteiger partial charge in [0.15, 0.2) is 0 Å². The smallest absolute Gasteiger partial charge is 0.278 e. The largest absolute Gasteiger partial charge is 0.357 e. The van der Waals surface area contributed by atoms with Gasteiger partial charge in [0.25, 0.3) is 6.43 Å². The summed E-state index contributed by atoms with van der Waals surface area (Å²) < 4.78 is 41.4. The minimum absolute atomic E-state index is 0.0694. The third-order valence-corrected chi connectivity index (χ3v) is 10.4. The highest BCUT2D eigenvalue weighted by atomic mass is 32.2. The Hall–Kier alpha value is -3.04. The van der Waals surface area contributed by atoms with E-state index in [0.717, 1.165) is 62.0 Å². The molecule has 0 N–H and O–H groups in total. The van der Waals surface area contributed by atoms with Crippen LogP contribution in [0.25, 0.3) is 0 Å². The summed E-state index contributed by atoms with van der Waals surface area (Å²) in [4.78, 5) is 6.68. The lowest BCUT2D eigenvalue weighted by Gasteiger charge is -2.39. The first-order valence-electron chi connectivity index (χ1n) is 13.7. The Morgan fingerprint density at radius 2 is 1.70 bits per heavy atom. The van der Waals surface area contributed by atoms with Crippen molar-refractivity contribution in [3.8, 4) is 0 Å². The Morgan fingerprint density at radius 1 is 1.02 bits per heavy atom. The second-order valence-electron chi connectivity index (χ2n) is 11.2. The standard InChI is InChI=1S/C31H38F3N5S/c1-22(38-15-17-40(3,4)18-16-38)39(27-9-7-23(8-10-27)24-11-13-37(2)14-12-24)21-26-6-5-25(19-28(26)32)29-20-30(31(33)34)36-35-29/h5-10,19,24,31H,1,3-4,11-18,20-21H2,2H3. The fourth-order valence-electron chi connectivity index (χ4n) is 5.52. The van der Waals surface area contributed by atoms with Crippen molar-refractivity contribution < 1.29 is 13.2 Å². The van der Waals surface area contributed by atoms with Crippen molar-refractivity contribution >= 4 is 38.1 Å². The van der Waals surface area contributed by atoms with Gasteiger partial charge in [-0.2, -0.15) is 10.2 Å². The van der Waals surface area contributed by atoms with E-state index in [1.165, 1.54) is 11.6 Å². The van der Waals surface area contributed by atoms with E-state index in [1.54, 1.807) is 12.1 Å². The fraction of sp³-hybridized carbons (Fsp3) is 0.419. The number of anilines is 1. The van der Waals surface area contributed by atoms with Gasteiger partial charge in [-0.3, -0.25) is 0 Å². The summed E-state index contributed by atoms with van der Waals surface area (Å²) in [7, 11) is 1.08. The summed E-state index contributed by atoms with van der Waals surface area (Å²) in [6.45, 7) is 8.57. The first-order chi connectivity index (χ1) is 19.1. The van der Waals surface area contributed by atoms with Crippen LogP contribution < -0.4 is 4.90 Å². The van der Waals surface area contributed by atoms with Crippen LogP contribution in [0.5, 0.6) is 0 Å². The normalized spacial score (nSPS) is 20.0. The van der Waals surface area contributed by atoms with Crippen molar-refractivity contribution in [1.29, 1.82) is 0 Å². The summed E-state index contributed by atoms with van der Waals surface area (Å²) in [5.41, 5.74) is 3.31. The average Bonchev–Trinajstić information content (AvgIpc) is 3.44. The molecule has 0 unspecified atom stereocenters. The van der Waals surface area contributed by atoms with E-state index < -0.39 is 21.4 Å². The minimum Gasteiger partial charge on any atom is -0.357 e. The number of likely N-dealkylation sites (tertiary alicyclic amines) is 1. The second-order valence-corrected chi connectivity index (χ2v) is 14.5. The molecule has 3 aliphatic heterocycles. The van der Waals surface area contributed by atoms with Gasteiger partial charge in [0, 0.05) is 47.8 Å². The molecule has 0 atom stereocenters. The van der Waals surface area contributed by atoms with E-state index >= 15 is 4.39 Å². The van der Waals surface area contributed by atoms with Gasteiger partial charge in [0.05, 0.1) is 12.3 Å². The highest BCUT2D eigenvalue weighted by Gasteiger charge is 2.25. The lowest BCUT2D eigenvalue weighted by Crippen LogP contribution is -2.40. The first kappa shape index (κ1) is 28.5. The summed E-state index contributed by atoms with van der Waals surface area (Å²) in [5.74, 6) is 11.4. The third kappa shape index (κ3) is 6.47. The van der Waals surface area contributed by atoms with Gasteiger partial charge in [-0.1, -0.05) is 42.6 Å². The topological polar surface area (TPSA) is 34.4 Å². The number of piperidine rings is 1. The van der Waals surface area contributed by atoms with Crippen LogP contribution in [0.3, 0.4) is 0 Å². The van der Waals surface area contributed by atoms with Crippen LogP contribution in [0.15, 0.2) is 65.1 Å². The van der Waals surface area contributed by atoms with Gasteiger partial charge in [-0.15, -0.1) is 0 Å². The zero-order valence-corrected chi connectivity index (χ0v) is 24.0. The molecule has 0 bridgehead atoms. The molecule has 0 aliphatic carbocycles. The SMILES string of the molecule is C=C(N1CCS(=C)(=C)CC1)N(Cc1ccc(C2=NN=C(C(F)F)C2)cc1F)c1ccc(C2CCN(C)CC2)cc1. The van der Waals surface area contributed by atoms with Gasteiger partial charge in [0.1, 0.15) is 17.3 Å². The number of rotatable bonds is 8. The molecule has 5 rings (SSSR count). The maximum absolute atomic E-state index is 15.5. The van der Waals surface area contributed by atoms with Gasteiger partial charge in [-0.25, -0.2) is 22.4 Å². The van der Waals surface area contributed by atoms with Crippen LogP contribution in [0.1, 0.15) is 41.9 Å². The van der Waals surface area contributed by atoms with Crippen molar-refractivity contribution in [3.63, 3.8) is 0 Å². The number of benzene rings is 2. The van der Waals surface area contributed by atoms with E-state index in [4.69, 9.17) is 0 Å². The summed E-state index contributed by atoms with van der Waals surface area (Å²) in [6.07, 6.45) is -0.441. The monoisotopic (exact) mass is 569 g/mol. The number of nitrogens with zero attached hydrogens (tertiary/aromatic N) is 5. The molecule has 0 amide bonds. The lowest BCUT2D eigenvalue weighted by molar-refractivity contribution is 0.224. The van der Waals surface area contributed by atoms with Gasteiger partial charge < -0.3 is 14.7 Å². The molecule has 0 radical (unpaired) electrons. The molecule has 2 aromatic rings. The Labute approximate surface area is 236 Å². The maximum Gasteiger partial charge on any atom is 0.278 e. The molecular weight excluding hydrogens is 531 g/mol. The second kappa shape index (κ2) is 11.8. The Kier molecular flexibility index (Phi) is 8.42. The average molecular weight is 570 g/mol. The van der Waals surface area contributed by atoms with Gasteiger partial charge in [0.2, 0.25) is 0 Å². The molecule has 2 fully saturated rings. The lowest BCUT2D eigenvalue weighted by atomic mass is 9.89. The predicted molar refractivity (Wildman–Crippen MR) is 165 cm³/mol. The highest BCUT2D eigenvalue weighted by molar-refractivity contribution is 8.27. The molecule has 3 heterocycles. The quantitative estimate of drug-likeness (QED) is 0.371. The van der Waals surface area contributed by atoms with Crippen molar-refractivity contribution in [2.45, 2.75) is 38.2 Å². The molecule has 2 aromatic carbocycles. The Morgan fingerprint density at radius 3 is 2.30 bits per heavy atom. The zero-order chi connectivity index (χ0) is 28.4. The molecule has 9 heteroatoms. The fourth-order valence-corrected chi connectivity index (χ4v) is 6.94. The molecule has 5 nitrogen and oxygen atoms in total. The van der Waals surface area contributed by atoms with Crippen molar-refractivity contribution in [1.82, 2.24) is 9.80 Å². The van der Waals surface area contributed by atoms with Crippen molar-refractivity contribution in [2.24, 2.45) is 10.2 Å². The van der Waals surface area contributed by atoms with Crippen LogP contribution in [-0.2, 0) is 6.54 Å². The predicted octanol–water partition coefficient (Wildman–Crippen LogP) is 5.91. The molecular formula is C31H38F3N5S. The van der Waals surface area contributed by atoms with Gasteiger partial charge in [-0.05, 0) is 62.7 Å². The number of alkyl halides is 2. The first-order valence-corrected chi connectivity index (χ1v) is 16.1. The number of halogens is 3. The molecule has 0 aromatic heterocycles.